The van der Waals surface area contributed by atoms with Gasteiger partial charge in [0.2, 0.25) is 11.8 Å². The second kappa shape index (κ2) is 4.11. The topological polar surface area (TPSA) is 57.7 Å². The van der Waals surface area contributed by atoms with Crippen LogP contribution in [0.25, 0.3) is 0 Å². The number of fused-ring (bicyclic) bond motifs is 5. The summed E-state index contributed by atoms with van der Waals surface area (Å²) in [6.07, 6.45) is 3.27. The summed E-state index contributed by atoms with van der Waals surface area (Å²) in [7, 11) is 1.81. The van der Waals surface area contributed by atoms with Crippen LogP contribution in [0.4, 0.5) is 5.69 Å². The fourth-order valence-corrected chi connectivity index (χ4v) is 3.85. The van der Waals surface area contributed by atoms with Crippen LogP contribution >= 0.6 is 0 Å². The quantitative estimate of drug-likeness (QED) is 0.708. The zero-order chi connectivity index (χ0) is 14.7. The lowest BCUT2D eigenvalue weighted by Crippen LogP contribution is -2.47. The highest BCUT2D eigenvalue weighted by molar-refractivity contribution is 6.24. The van der Waals surface area contributed by atoms with Gasteiger partial charge in [-0.1, -0.05) is 24.3 Å². The minimum Gasteiger partial charge on any atom is -0.293 e. The minimum absolute atomic E-state index is 0.0858. The second-order valence-electron chi connectivity index (χ2n) is 5.76. The molecule has 5 heteroatoms. The Morgan fingerprint density at radius 3 is 2.33 bits per heavy atom. The number of benzene rings is 1. The first-order chi connectivity index (χ1) is 10.1. The third-order valence-corrected chi connectivity index (χ3v) is 4.78. The molecule has 2 bridgehead atoms. The summed E-state index contributed by atoms with van der Waals surface area (Å²) in [6.45, 7) is 0. The number of carbonyl (C=O) groups is 3. The second-order valence-corrected chi connectivity index (χ2v) is 5.76. The lowest BCUT2D eigenvalue weighted by molar-refractivity contribution is -0.128. The molecule has 0 aromatic heterocycles. The Bertz CT molecular complexity index is 682. The summed E-state index contributed by atoms with van der Waals surface area (Å²) >= 11 is 0. The maximum absolute atomic E-state index is 12.7. The van der Waals surface area contributed by atoms with E-state index >= 15 is 0 Å². The van der Waals surface area contributed by atoms with E-state index in [1.54, 1.807) is 30.3 Å². The van der Waals surface area contributed by atoms with E-state index < -0.39 is 17.9 Å². The van der Waals surface area contributed by atoms with Crippen LogP contribution in [-0.4, -0.2) is 41.6 Å². The summed E-state index contributed by atoms with van der Waals surface area (Å²) in [6, 6.07) is 8.24. The van der Waals surface area contributed by atoms with Gasteiger partial charge in [0.25, 0.3) is 0 Å². The summed E-state index contributed by atoms with van der Waals surface area (Å²) in [5, 5.41) is 0. The van der Waals surface area contributed by atoms with Crippen LogP contribution in [0.5, 0.6) is 0 Å². The first-order valence-electron chi connectivity index (χ1n) is 6.98. The number of carbonyl (C=O) groups excluding carboxylic acids is 3. The molecule has 3 heterocycles. The molecule has 0 unspecified atom stereocenters. The van der Waals surface area contributed by atoms with Crippen LogP contribution in [-0.2, 0) is 14.4 Å². The smallest absolute Gasteiger partial charge is 0.239 e. The van der Waals surface area contributed by atoms with E-state index in [1.165, 1.54) is 11.0 Å². The highest BCUT2D eigenvalue weighted by Crippen LogP contribution is 2.45. The Morgan fingerprint density at radius 2 is 1.62 bits per heavy atom. The van der Waals surface area contributed by atoms with Gasteiger partial charge in [-0.3, -0.25) is 19.3 Å². The minimum atomic E-state index is -0.560. The molecule has 0 radical (unpaired) electrons. The maximum Gasteiger partial charge on any atom is 0.239 e. The van der Waals surface area contributed by atoms with Crippen LogP contribution in [0, 0.1) is 11.8 Å². The number of imide groups is 1. The number of amides is 2. The van der Waals surface area contributed by atoms with E-state index in [-0.39, 0.29) is 23.6 Å². The molecule has 1 aromatic carbocycles. The first kappa shape index (κ1) is 12.5. The van der Waals surface area contributed by atoms with Crippen molar-refractivity contribution in [2.24, 2.45) is 11.8 Å². The van der Waals surface area contributed by atoms with Crippen LogP contribution in [0.2, 0.25) is 0 Å². The molecule has 3 aliphatic heterocycles. The zero-order valence-electron chi connectivity index (χ0n) is 11.5. The van der Waals surface area contributed by atoms with Crippen LogP contribution in [0.15, 0.2) is 42.5 Å². The van der Waals surface area contributed by atoms with Crippen molar-refractivity contribution in [3.05, 3.63) is 42.5 Å². The Balaban J connectivity index is 1.80. The Hall–Kier alpha value is -2.27. The largest absolute Gasteiger partial charge is 0.293 e. The molecule has 21 heavy (non-hydrogen) atoms. The lowest BCUT2D eigenvalue weighted by Gasteiger charge is -2.29. The van der Waals surface area contributed by atoms with E-state index in [1.807, 2.05) is 18.0 Å². The molecular formula is C16H14N2O3. The molecule has 2 amide bonds. The van der Waals surface area contributed by atoms with Crippen molar-refractivity contribution < 1.29 is 14.4 Å². The van der Waals surface area contributed by atoms with Crippen LogP contribution < -0.4 is 4.90 Å². The Labute approximate surface area is 121 Å². The molecule has 0 aliphatic carbocycles. The standard InChI is InChI=1S/C16H14N2O3/c1-17-10-7-8-11(19)14(17)13-12(10)15(20)18(16(13)21)9-5-3-2-4-6-9/h2-8,10,12-14H,1H3/t10-,12+,13-,14+/m0/s1. The third kappa shape index (κ3) is 1.46. The molecule has 0 spiro atoms. The van der Waals surface area contributed by atoms with Gasteiger partial charge in [-0.15, -0.1) is 0 Å². The van der Waals surface area contributed by atoms with Gasteiger partial charge in [0.1, 0.15) is 0 Å². The van der Waals surface area contributed by atoms with Crippen molar-refractivity contribution in [3.63, 3.8) is 0 Å². The number of nitrogens with zero attached hydrogens (tertiary/aromatic N) is 2. The number of rotatable bonds is 1. The highest BCUT2D eigenvalue weighted by atomic mass is 16.2. The number of para-hydroxylation sites is 1. The van der Waals surface area contributed by atoms with Crippen LogP contribution in [0.3, 0.4) is 0 Å². The molecule has 4 rings (SSSR count). The van der Waals surface area contributed by atoms with Crippen molar-refractivity contribution in [3.8, 4) is 0 Å². The third-order valence-electron chi connectivity index (χ3n) is 4.78. The molecule has 5 nitrogen and oxygen atoms in total. The summed E-state index contributed by atoms with van der Waals surface area (Å²) in [4.78, 5) is 40.6. The van der Waals surface area contributed by atoms with E-state index in [0.29, 0.717) is 5.69 Å². The molecule has 0 saturated carbocycles. The Morgan fingerprint density at radius 1 is 0.952 bits per heavy atom. The fraction of sp³-hybridized carbons (Fsp3) is 0.312. The average Bonchev–Trinajstić information content (AvgIpc) is 2.83. The SMILES string of the molecule is CN1[C@@H]2C(=O)C=C[C@H]1[C@H]1C(=O)N(c3ccccc3)C(=O)[C@@H]12. The van der Waals surface area contributed by atoms with Crippen molar-refractivity contribution in [2.75, 3.05) is 11.9 Å². The van der Waals surface area contributed by atoms with E-state index in [2.05, 4.69) is 0 Å². The number of ketones is 1. The number of hydrogen-bond acceptors (Lipinski definition) is 4. The van der Waals surface area contributed by atoms with E-state index in [9.17, 15) is 14.4 Å². The molecule has 106 valence electrons. The predicted molar refractivity (Wildman–Crippen MR) is 75.4 cm³/mol. The summed E-state index contributed by atoms with van der Waals surface area (Å²) in [5.74, 6) is -1.55. The van der Waals surface area contributed by atoms with Crippen molar-refractivity contribution in [1.82, 2.24) is 4.90 Å². The molecule has 1 aromatic rings. The zero-order valence-corrected chi connectivity index (χ0v) is 11.5. The number of hydrogen-bond donors (Lipinski definition) is 0. The van der Waals surface area contributed by atoms with Gasteiger partial charge in [0.05, 0.1) is 23.6 Å². The van der Waals surface area contributed by atoms with E-state index in [0.717, 1.165) is 0 Å². The molecule has 2 fully saturated rings. The number of anilines is 1. The normalized spacial score (nSPS) is 34.7. The van der Waals surface area contributed by atoms with Gasteiger partial charge >= 0.3 is 0 Å². The van der Waals surface area contributed by atoms with Crippen molar-refractivity contribution in [2.45, 2.75) is 12.1 Å². The molecule has 4 atom stereocenters. The molecule has 3 aliphatic rings. The Kier molecular flexibility index (Phi) is 2.44. The average molecular weight is 282 g/mol. The lowest BCUT2D eigenvalue weighted by atomic mass is 9.90. The monoisotopic (exact) mass is 282 g/mol. The highest BCUT2D eigenvalue weighted by Gasteiger charge is 2.63. The van der Waals surface area contributed by atoms with Gasteiger partial charge in [-0.2, -0.15) is 0 Å². The van der Waals surface area contributed by atoms with Crippen LogP contribution in [0.1, 0.15) is 0 Å². The fourth-order valence-electron chi connectivity index (χ4n) is 3.85. The maximum atomic E-state index is 12.7. The van der Waals surface area contributed by atoms with E-state index in [4.69, 9.17) is 0 Å². The first-order valence-corrected chi connectivity index (χ1v) is 6.98. The van der Waals surface area contributed by atoms with Gasteiger partial charge in [-0.25, -0.2) is 4.90 Å². The van der Waals surface area contributed by atoms with Gasteiger partial charge in [0, 0.05) is 6.04 Å². The molecular weight excluding hydrogens is 268 g/mol. The summed E-state index contributed by atoms with van der Waals surface area (Å²) in [5.41, 5.74) is 0.582. The van der Waals surface area contributed by atoms with Crippen molar-refractivity contribution >= 4 is 23.3 Å². The number of likely N-dealkylation sites (N-methyl/N-ethyl adjacent to an activating group) is 1. The van der Waals surface area contributed by atoms with Gasteiger partial charge in [-0.05, 0) is 25.3 Å². The summed E-state index contributed by atoms with van der Waals surface area (Å²) < 4.78 is 0. The molecule has 2 saturated heterocycles. The molecule has 0 N–H and O–H groups in total. The van der Waals surface area contributed by atoms with Gasteiger partial charge in [0.15, 0.2) is 5.78 Å². The predicted octanol–water partition coefficient (Wildman–Crippen LogP) is 0.614. The van der Waals surface area contributed by atoms with Crippen molar-refractivity contribution in [1.29, 1.82) is 0 Å². The van der Waals surface area contributed by atoms with Gasteiger partial charge < -0.3 is 0 Å².